The average Bonchev–Trinajstić information content (AvgIpc) is 3.61. The molecular weight excluding hydrogens is 474 g/mol. The maximum Gasteiger partial charge on any atom is 0.319 e. The molecule has 4 aliphatic heterocycles. The van der Waals surface area contributed by atoms with E-state index in [-0.39, 0.29) is 5.54 Å². The first-order valence-electron chi connectivity index (χ1n) is 14.5. The van der Waals surface area contributed by atoms with E-state index in [9.17, 15) is 0 Å². The Hall–Kier alpha value is -2.84. The summed E-state index contributed by atoms with van der Waals surface area (Å²) in [5.74, 6) is 1.27. The Morgan fingerprint density at radius 2 is 1.84 bits per heavy atom. The van der Waals surface area contributed by atoms with E-state index in [1.807, 2.05) is 18.5 Å². The van der Waals surface area contributed by atoms with E-state index in [1.54, 1.807) is 0 Å². The summed E-state index contributed by atoms with van der Waals surface area (Å²) in [7, 11) is 0. The van der Waals surface area contributed by atoms with E-state index in [4.69, 9.17) is 24.7 Å². The summed E-state index contributed by atoms with van der Waals surface area (Å²) in [5, 5.41) is 4.76. The number of pyridine rings is 2. The van der Waals surface area contributed by atoms with E-state index in [0.717, 1.165) is 52.3 Å². The Morgan fingerprint density at radius 3 is 2.58 bits per heavy atom. The van der Waals surface area contributed by atoms with Crippen LogP contribution in [0, 0.1) is 6.92 Å². The topological polar surface area (TPSA) is 79.3 Å². The van der Waals surface area contributed by atoms with Gasteiger partial charge in [-0.2, -0.15) is 9.97 Å². The molecule has 0 aromatic carbocycles. The highest BCUT2D eigenvalue weighted by atomic mass is 16.5. The molecule has 0 saturated carbocycles. The third-order valence-corrected chi connectivity index (χ3v) is 9.38. The SMILES string of the molecule is Cc1c(-c2cccnc2C(C)C)ncc2c(N3CC4CCC(C3)N4)nc(OCC34CCCN3CCC4)nc12. The number of hydrogen-bond donors (Lipinski definition) is 1. The van der Waals surface area contributed by atoms with Crippen molar-refractivity contribution in [3.8, 4) is 17.3 Å². The van der Waals surface area contributed by atoms with Gasteiger partial charge in [0.1, 0.15) is 12.4 Å². The first-order chi connectivity index (χ1) is 18.5. The number of nitrogens with zero attached hydrogens (tertiary/aromatic N) is 6. The lowest BCUT2D eigenvalue weighted by atomic mass is 9.95. The maximum absolute atomic E-state index is 6.53. The monoisotopic (exact) mass is 513 g/mol. The van der Waals surface area contributed by atoms with Crippen LogP contribution in [0.3, 0.4) is 0 Å². The number of hydrogen-bond acceptors (Lipinski definition) is 8. The first-order valence-corrected chi connectivity index (χ1v) is 14.5. The van der Waals surface area contributed by atoms with Crippen LogP contribution in [0.25, 0.3) is 22.2 Å². The van der Waals surface area contributed by atoms with Gasteiger partial charge in [0.25, 0.3) is 0 Å². The minimum absolute atomic E-state index is 0.160. The summed E-state index contributed by atoms with van der Waals surface area (Å²) in [6.45, 7) is 11.5. The molecular formula is C30H39N7O. The van der Waals surface area contributed by atoms with Crippen LogP contribution in [0.4, 0.5) is 5.82 Å². The number of ether oxygens (including phenoxy) is 1. The number of aryl methyl sites for hydroxylation is 1. The largest absolute Gasteiger partial charge is 0.461 e. The Labute approximate surface area is 225 Å². The summed E-state index contributed by atoms with van der Waals surface area (Å²) < 4.78 is 6.53. The average molecular weight is 514 g/mol. The highest BCUT2D eigenvalue weighted by Crippen LogP contribution is 2.40. The van der Waals surface area contributed by atoms with Gasteiger partial charge in [-0.25, -0.2) is 0 Å². The number of rotatable bonds is 6. The fourth-order valence-electron chi connectivity index (χ4n) is 7.47. The van der Waals surface area contributed by atoms with Crippen LogP contribution < -0.4 is 15.0 Å². The number of aromatic nitrogens is 4. The molecule has 4 aliphatic rings. The second kappa shape index (κ2) is 9.42. The van der Waals surface area contributed by atoms with E-state index >= 15 is 0 Å². The van der Waals surface area contributed by atoms with Crippen molar-refractivity contribution >= 4 is 16.7 Å². The Bertz CT molecular complexity index is 1340. The molecule has 8 nitrogen and oxygen atoms in total. The molecule has 0 amide bonds. The van der Waals surface area contributed by atoms with Gasteiger partial charge in [-0.15, -0.1) is 0 Å². The Morgan fingerprint density at radius 1 is 1.08 bits per heavy atom. The number of nitrogens with one attached hydrogen (secondary N) is 1. The zero-order chi connectivity index (χ0) is 25.9. The van der Waals surface area contributed by atoms with Crippen molar-refractivity contribution in [2.24, 2.45) is 0 Å². The fraction of sp³-hybridized carbons (Fsp3) is 0.600. The lowest BCUT2D eigenvalue weighted by Gasteiger charge is -2.34. The van der Waals surface area contributed by atoms with Gasteiger partial charge in [-0.3, -0.25) is 14.9 Å². The fourth-order valence-corrected chi connectivity index (χ4v) is 7.47. The zero-order valence-corrected chi connectivity index (χ0v) is 22.9. The molecule has 8 heteroatoms. The first kappa shape index (κ1) is 24.2. The van der Waals surface area contributed by atoms with Crippen molar-refractivity contribution in [2.75, 3.05) is 37.7 Å². The van der Waals surface area contributed by atoms with Gasteiger partial charge in [0.15, 0.2) is 0 Å². The molecule has 2 bridgehead atoms. The maximum atomic E-state index is 6.53. The molecule has 1 N–H and O–H groups in total. The van der Waals surface area contributed by atoms with Gasteiger partial charge in [-0.1, -0.05) is 13.8 Å². The summed E-state index contributed by atoms with van der Waals surface area (Å²) in [4.78, 5) is 24.9. The highest BCUT2D eigenvalue weighted by Gasteiger charge is 2.45. The highest BCUT2D eigenvalue weighted by molar-refractivity contribution is 5.94. The Kier molecular flexibility index (Phi) is 6.00. The Balaban J connectivity index is 1.32. The van der Waals surface area contributed by atoms with Crippen LogP contribution in [-0.2, 0) is 0 Å². The van der Waals surface area contributed by atoms with E-state index in [2.05, 4.69) is 42.0 Å². The molecule has 7 heterocycles. The summed E-state index contributed by atoms with van der Waals surface area (Å²) >= 11 is 0. The molecule has 2 atom stereocenters. The molecule has 4 saturated heterocycles. The van der Waals surface area contributed by atoms with Crippen LogP contribution in [-0.4, -0.2) is 75.2 Å². The molecule has 2 unspecified atom stereocenters. The molecule has 38 heavy (non-hydrogen) atoms. The summed E-state index contributed by atoms with van der Waals surface area (Å²) in [5.41, 5.74) is 5.25. The van der Waals surface area contributed by atoms with Gasteiger partial charge in [-0.05, 0) is 76.6 Å². The molecule has 0 aliphatic carbocycles. The van der Waals surface area contributed by atoms with Crippen molar-refractivity contribution in [3.05, 3.63) is 35.8 Å². The quantitative estimate of drug-likeness (QED) is 0.517. The predicted octanol–water partition coefficient (Wildman–Crippen LogP) is 4.47. The van der Waals surface area contributed by atoms with E-state index in [0.29, 0.717) is 30.6 Å². The van der Waals surface area contributed by atoms with Crippen LogP contribution in [0.1, 0.15) is 69.5 Å². The number of fused-ring (bicyclic) bond motifs is 4. The van der Waals surface area contributed by atoms with E-state index < -0.39 is 0 Å². The van der Waals surface area contributed by atoms with Gasteiger partial charge in [0, 0.05) is 48.7 Å². The predicted molar refractivity (Wildman–Crippen MR) is 150 cm³/mol. The number of piperazine rings is 1. The van der Waals surface area contributed by atoms with Gasteiger partial charge in [0.05, 0.1) is 27.8 Å². The molecule has 7 rings (SSSR count). The lowest BCUT2D eigenvalue weighted by molar-refractivity contribution is 0.108. The van der Waals surface area contributed by atoms with Crippen LogP contribution >= 0.6 is 0 Å². The molecule has 200 valence electrons. The third-order valence-electron chi connectivity index (χ3n) is 9.38. The van der Waals surface area contributed by atoms with Gasteiger partial charge < -0.3 is 15.0 Å². The van der Waals surface area contributed by atoms with Crippen LogP contribution in [0.5, 0.6) is 6.01 Å². The van der Waals surface area contributed by atoms with Crippen LogP contribution in [0.15, 0.2) is 24.5 Å². The molecule has 0 radical (unpaired) electrons. The normalized spacial score (nSPS) is 24.5. The van der Waals surface area contributed by atoms with Gasteiger partial charge in [0.2, 0.25) is 0 Å². The molecule has 3 aromatic heterocycles. The zero-order valence-electron chi connectivity index (χ0n) is 22.9. The summed E-state index contributed by atoms with van der Waals surface area (Å²) in [6, 6.07) is 5.67. The van der Waals surface area contributed by atoms with Crippen molar-refractivity contribution in [1.82, 2.24) is 30.2 Å². The number of anilines is 1. The molecule has 4 fully saturated rings. The van der Waals surface area contributed by atoms with Crippen molar-refractivity contribution in [2.45, 2.75) is 82.8 Å². The van der Waals surface area contributed by atoms with Gasteiger partial charge >= 0.3 is 6.01 Å². The van der Waals surface area contributed by atoms with Crippen LogP contribution in [0.2, 0.25) is 0 Å². The smallest absolute Gasteiger partial charge is 0.319 e. The second-order valence-electron chi connectivity index (χ2n) is 12.2. The molecule has 3 aromatic rings. The van der Waals surface area contributed by atoms with Crippen molar-refractivity contribution in [1.29, 1.82) is 0 Å². The molecule has 0 spiro atoms. The minimum atomic E-state index is 0.160. The minimum Gasteiger partial charge on any atom is -0.461 e. The lowest BCUT2D eigenvalue weighted by Crippen LogP contribution is -2.51. The second-order valence-corrected chi connectivity index (χ2v) is 12.2. The van der Waals surface area contributed by atoms with Crippen molar-refractivity contribution in [3.63, 3.8) is 0 Å². The summed E-state index contributed by atoms with van der Waals surface area (Å²) in [6.07, 6.45) is 11.2. The van der Waals surface area contributed by atoms with E-state index in [1.165, 1.54) is 51.6 Å². The third kappa shape index (κ3) is 4.04. The standard InChI is InChI=1S/C30H39N7O/c1-19(2)25-23(7-4-12-31-25)26-20(3)27-24(15-32-26)28(36-16-21-8-9-22(17-36)33-21)35-29(34-27)38-18-30-10-5-13-37(30)14-6-11-30/h4,7,12,15,19,21-22,33H,5-6,8-11,13-14,16-18H2,1-3H3. The van der Waals surface area contributed by atoms with Crippen molar-refractivity contribution < 1.29 is 4.74 Å².